The van der Waals surface area contributed by atoms with Gasteiger partial charge < -0.3 is 16.0 Å². The number of carbonyl (C=O) groups excluding carboxylic acids is 1. The van der Waals surface area contributed by atoms with Crippen molar-refractivity contribution < 1.29 is 9.18 Å². The number of H-pyrrole nitrogens is 1. The molecule has 1 unspecified atom stereocenters. The summed E-state index contributed by atoms with van der Waals surface area (Å²) >= 11 is 11.4. The lowest BCUT2D eigenvalue weighted by atomic mass is 10.0. The molecule has 1 atom stereocenters. The molecule has 1 fully saturated rings. The van der Waals surface area contributed by atoms with Gasteiger partial charge in [0, 0.05) is 55.2 Å². The summed E-state index contributed by atoms with van der Waals surface area (Å²) in [4.78, 5) is 21.1. The van der Waals surface area contributed by atoms with Crippen molar-refractivity contribution in [2.75, 3.05) is 45.1 Å². The SMILES string of the molecule is CN1CCN(CC(C(N)=O)c2cc(Nc3cc(-c4cc(Cl)ccc4F)n[nH]c3=S)ccn2)CC1. The summed E-state index contributed by atoms with van der Waals surface area (Å²) in [5, 5.41) is 10.5. The first kappa shape index (κ1) is 24.2. The fraction of sp³-hybridized carbons (Fsp3) is 0.304. The zero-order valence-electron chi connectivity index (χ0n) is 18.6. The van der Waals surface area contributed by atoms with Crippen LogP contribution in [0.4, 0.5) is 15.8 Å². The number of amides is 1. The largest absolute Gasteiger partial charge is 0.369 e. The Bertz CT molecular complexity index is 1250. The maximum absolute atomic E-state index is 14.3. The monoisotopic (exact) mass is 501 g/mol. The van der Waals surface area contributed by atoms with Crippen LogP contribution >= 0.6 is 23.8 Å². The van der Waals surface area contributed by atoms with Crippen LogP contribution in [0.5, 0.6) is 0 Å². The number of likely N-dealkylation sites (N-methyl/N-ethyl adjacent to an activating group) is 1. The first-order valence-corrected chi connectivity index (χ1v) is 11.6. The first-order valence-electron chi connectivity index (χ1n) is 10.8. The summed E-state index contributed by atoms with van der Waals surface area (Å²) in [5.74, 6) is -1.43. The van der Waals surface area contributed by atoms with Crippen molar-refractivity contribution in [2.45, 2.75) is 5.92 Å². The zero-order chi connectivity index (χ0) is 24.2. The number of nitrogens with two attached hydrogens (primary N) is 1. The lowest BCUT2D eigenvalue weighted by Gasteiger charge is -2.33. The molecule has 34 heavy (non-hydrogen) atoms. The van der Waals surface area contributed by atoms with E-state index in [1.807, 2.05) is 0 Å². The highest BCUT2D eigenvalue weighted by Crippen LogP contribution is 2.28. The molecule has 0 bridgehead atoms. The summed E-state index contributed by atoms with van der Waals surface area (Å²) in [5.41, 5.74) is 8.08. The Hall–Kier alpha value is -2.92. The Labute approximate surface area is 206 Å². The molecule has 3 heterocycles. The molecule has 11 heteroatoms. The minimum atomic E-state index is -0.548. The van der Waals surface area contributed by atoms with Gasteiger partial charge in [-0.25, -0.2) is 4.39 Å². The van der Waals surface area contributed by atoms with Gasteiger partial charge in [0.2, 0.25) is 5.91 Å². The number of halogens is 2. The molecule has 4 rings (SSSR count). The van der Waals surface area contributed by atoms with E-state index in [2.05, 4.69) is 37.3 Å². The van der Waals surface area contributed by atoms with Crippen LogP contribution in [-0.2, 0) is 4.79 Å². The van der Waals surface area contributed by atoms with Crippen molar-refractivity contribution >= 4 is 41.1 Å². The van der Waals surface area contributed by atoms with Gasteiger partial charge >= 0.3 is 0 Å². The van der Waals surface area contributed by atoms with Gasteiger partial charge in [0.15, 0.2) is 0 Å². The predicted molar refractivity (Wildman–Crippen MR) is 133 cm³/mol. The van der Waals surface area contributed by atoms with Gasteiger partial charge in [0.25, 0.3) is 0 Å². The average molecular weight is 502 g/mol. The van der Waals surface area contributed by atoms with Crippen LogP contribution in [0.1, 0.15) is 11.6 Å². The fourth-order valence-electron chi connectivity index (χ4n) is 3.82. The molecule has 3 aromatic rings. The Morgan fingerprint density at radius 3 is 2.76 bits per heavy atom. The van der Waals surface area contributed by atoms with Crippen molar-refractivity contribution in [3.05, 3.63) is 63.8 Å². The molecule has 1 saturated heterocycles. The number of aromatic amines is 1. The molecule has 2 aromatic heterocycles. The molecule has 0 aliphatic carbocycles. The average Bonchev–Trinajstić information content (AvgIpc) is 2.82. The van der Waals surface area contributed by atoms with Gasteiger partial charge in [-0.3, -0.25) is 19.8 Å². The number of hydrogen-bond acceptors (Lipinski definition) is 7. The molecule has 0 spiro atoms. The number of hydrogen-bond donors (Lipinski definition) is 3. The molecular weight excluding hydrogens is 477 g/mol. The van der Waals surface area contributed by atoms with E-state index in [4.69, 9.17) is 29.6 Å². The highest BCUT2D eigenvalue weighted by atomic mass is 35.5. The second-order valence-corrected chi connectivity index (χ2v) is 9.12. The third-order valence-corrected chi connectivity index (χ3v) is 6.35. The number of carbonyl (C=O) groups is 1. The van der Waals surface area contributed by atoms with E-state index in [1.54, 1.807) is 24.4 Å². The topological polar surface area (TPSA) is 103 Å². The first-order chi connectivity index (χ1) is 16.3. The van der Waals surface area contributed by atoms with E-state index < -0.39 is 17.6 Å². The van der Waals surface area contributed by atoms with Crippen LogP contribution in [0.25, 0.3) is 11.3 Å². The van der Waals surface area contributed by atoms with Crippen molar-refractivity contribution in [2.24, 2.45) is 5.73 Å². The molecule has 1 aliphatic rings. The number of nitrogens with zero attached hydrogens (tertiary/aromatic N) is 4. The van der Waals surface area contributed by atoms with E-state index in [0.717, 1.165) is 26.2 Å². The van der Waals surface area contributed by atoms with Gasteiger partial charge in [-0.1, -0.05) is 23.8 Å². The number of nitrogens with one attached hydrogen (secondary N) is 2. The number of piperazine rings is 1. The van der Waals surface area contributed by atoms with E-state index in [1.165, 1.54) is 18.2 Å². The highest BCUT2D eigenvalue weighted by Gasteiger charge is 2.25. The number of aromatic nitrogens is 3. The smallest absolute Gasteiger partial charge is 0.227 e. The standard InChI is InChI=1S/C23H25ClFN7OS/c1-31-6-8-32(9-7-31)13-17(22(26)33)19-11-15(4-5-27-19)28-21-12-20(29-30-23(21)34)16-10-14(24)2-3-18(16)25/h2-5,10-12,17H,6-9,13H2,1H3,(H2,26,33)(H,30,34)(H,27,28,29). The molecule has 0 radical (unpaired) electrons. The Kier molecular flexibility index (Phi) is 7.52. The lowest BCUT2D eigenvalue weighted by Crippen LogP contribution is -2.47. The summed E-state index contributed by atoms with van der Waals surface area (Å²) in [6.07, 6.45) is 1.61. The van der Waals surface area contributed by atoms with E-state index in [-0.39, 0.29) is 5.56 Å². The molecule has 8 nitrogen and oxygen atoms in total. The third kappa shape index (κ3) is 5.76. The third-order valence-electron chi connectivity index (χ3n) is 5.81. The number of benzene rings is 1. The maximum atomic E-state index is 14.3. The molecule has 4 N–H and O–H groups in total. The quantitative estimate of drug-likeness (QED) is 0.425. The molecule has 1 amide bonds. The molecule has 1 aromatic carbocycles. The summed E-state index contributed by atoms with van der Waals surface area (Å²) in [6, 6.07) is 9.43. The minimum Gasteiger partial charge on any atom is -0.369 e. The lowest BCUT2D eigenvalue weighted by molar-refractivity contribution is -0.120. The van der Waals surface area contributed by atoms with Crippen molar-refractivity contribution in [3.8, 4) is 11.3 Å². The van der Waals surface area contributed by atoms with Gasteiger partial charge in [-0.2, -0.15) is 5.10 Å². The molecular formula is C23H25ClFN7OS. The van der Waals surface area contributed by atoms with Gasteiger partial charge in [-0.05, 0) is 43.4 Å². The Balaban J connectivity index is 1.57. The maximum Gasteiger partial charge on any atom is 0.227 e. The second kappa shape index (κ2) is 10.6. The highest BCUT2D eigenvalue weighted by molar-refractivity contribution is 7.71. The number of primary amides is 1. The number of anilines is 2. The molecule has 0 saturated carbocycles. The second-order valence-electron chi connectivity index (χ2n) is 8.27. The van der Waals surface area contributed by atoms with Crippen LogP contribution in [0, 0.1) is 10.5 Å². The van der Waals surface area contributed by atoms with Crippen LogP contribution < -0.4 is 11.1 Å². The Morgan fingerprint density at radius 1 is 1.26 bits per heavy atom. The predicted octanol–water partition coefficient (Wildman–Crippen LogP) is 3.55. The molecule has 1 aliphatic heterocycles. The minimum absolute atomic E-state index is 0.248. The molecule has 178 valence electrons. The normalized spacial score (nSPS) is 15.7. The van der Waals surface area contributed by atoms with E-state index in [9.17, 15) is 9.18 Å². The zero-order valence-corrected chi connectivity index (χ0v) is 20.2. The van der Waals surface area contributed by atoms with E-state index in [0.29, 0.717) is 39.0 Å². The number of rotatable bonds is 7. The number of pyridine rings is 1. The van der Waals surface area contributed by atoms with Gasteiger partial charge in [0.05, 0.1) is 23.0 Å². The van der Waals surface area contributed by atoms with Crippen molar-refractivity contribution in [1.82, 2.24) is 25.0 Å². The van der Waals surface area contributed by atoms with Gasteiger partial charge in [0.1, 0.15) is 10.5 Å². The summed E-state index contributed by atoms with van der Waals surface area (Å²) in [7, 11) is 2.08. The van der Waals surface area contributed by atoms with Crippen molar-refractivity contribution in [1.29, 1.82) is 0 Å². The fourth-order valence-corrected chi connectivity index (χ4v) is 4.15. The Morgan fingerprint density at radius 2 is 2.03 bits per heavy atom. The van der Waals surface area contributed by atoms with Crippen LogP contribution in [0.15, 0.2) is 42.6 Å². The van der Waals surface area contributed by atoms with Crippen LogP contribution in [-0.4, -0.2) is 70.7 Å². The van der Waals surface area contributed by atoms with Gasteiger partial charge in [-0.15, -0.1) is 0 Å². The van der Waals surface area contributed by atoms with Crippen LogP contribution in [0.3, 0.4) is 0 Å². The summed E-state index contributed by atoms with van der Waals surface area (Å²) in [6.45, 7) is 4.13. The van der Waals surface area contributed by atoms with E-state index >= 15 is 0 Å². The summed E-state index contributed by atoms with van der Waals surface area (Å²) < 4.78 is 14.7. The van der Waals surface area contributed by atoms with Crippen LogP contribution in [0.2, 0.25) is 5.02 Å². The van der Waals surface area contributed by atoms with Crippen molar-refractivity contribution in [3.63, 3.8) is 0 Å².